The van der Waals surface area contributed by atoms with Crippen molar-refractivity contribution in [2.24, 2.45) is 0 Å². The fourth-order valence-corrected chi connectivity index (χ4v) is 2.86. The smallest absolute Gasteiger partial charge is 0.128 e. The first-order chi connectivity index (χ1) is 9.56. The Hall–Kier alpha value is -1.90. The molecule has 0 amide bonds. The van der Waals surface area contributed by atoms with E-state index < -0.39 is 5.82 Å². The summed E-state index contributed by atoms with van der Waals surface area (Å²) in [5, 5.41) is 3.36. The van der Waals surface area contributed by atoms with E-state index in [0.29, 0.717) is 17.9 Å². The highest BCUT2D eigenvalue weighted by Crippen LogP contribution is 2.39. The van der Waals surface area contributed by atoms with Gasteiger partial charge in [-0.25, -0.2) is 8.78 Å². The van der Waals surface area contributed by atoms with Gasteiger partial charge >= 0.3 is 0 Å². The summed E-state index contributed by atoms with van der Waals surface area (Å²) >= 11 is 0. The SMILES string of the molecule is CC(C)c1cccc2c1NC(c1cc(F)ccc1F)C2. The first-order valence-corrected chi connectivity index (χ1v) is 6.89. The molecule has 1 nitrogen and oxygen atoms in total. The molecule has 3 heteroatoms. The van der Waals surface area contributed by atoms with Gasteiger partial charge in [-0.2, -0.15) is 0 Å². The molecule has 1 aliphatic heterocycles. The van der Waals surface area contributed by atoms with Crippen molar-refractivity contribution in [2.75, 3.05) is 5.32 Å². The lowest BCUT2D eigenvalue weighted by Gasteiger charge is -2.15. The van der Waals surface area contributed by atoms with Crippen LogP contribution in [0.2, 0.25) is 0 Å². The van der Waals surface area contributed by atoms with E-state index in [4.69, 9.17) is 0 Å². The Balaban J connectivity index is 1.98. The number of rotatable bonds is 2. The molecule has 1 N–H and O–H groups in total. The molecule has 0 saturated heterocycles. The van der Waals surface area contributed by atoms with Crippen LogP contribution in [-0.2, 0) is 6.42 Å². The Morgan fingerprint density at radius 2 is 1.95 bits per heavy atom. The molecule has 3 rings (SSSR count). The molecular formula is C17H17F2N. The van der Waals surface area contributed by atoms with Crippen LogP contribution in [-0.4, -0.2) is 0 Å². The van der Waals surface area contributed by atoms with Gasteiger partial charge in [0.2, 0.25) is 0 Å². The van der Waals surface area contributed by atoms with Crippen LogP contribution in [0, 0.1) is 11.6 Å². The predicted molar refractivity (Wildman–Crippen MR) is 77.0 cm³/mol. The highest BCUT2D eigenvalue weighted by molar-refractivity contribution is 5.64. The number of nitrogens with one attached hydrogen (secondary N) is 1. The van der Waals surface area contributed by atoms with Crippen LogP contribution in [0.1, 0.15) is 42.5 Å². The lowest BCUT2D eigenvalue weighted by Crippen LogP contribution is -2.09. The van der Waals surface area contributed by atoms with Gasteiger partial charge in [-0.15, -0.1) is 0 Å². The minimum absolute atomic E-state index is 0.194. The zero-order chi connectivity index (χ0) is 14.3. The lowest BCUT2D eigenvalue weighted by atomic mass is 9.97. The Morgan fingerprint density at radius 3 is 2.70 bits per heavy atom. The molecule has 0 saturated carbocycles. The lowest BCUT2D eigenvalue weighted by molar-refractivity contribution is 0.573. The summed E-state index contributed by atoms with van der Waals surface area (Å²) in [5.41, 5.74) is 3.87. The summed E-state index contributed by atoms with van der Waals surface area (Å²) in [6.07, 6.45) is 0.691. The van der Waals surface area contributed by atoms with Crippen molar-refractivity contribution >= 4 is 5.69 Å². The van der Waals surface area contributed by atoms with Gasteiger partial charge in [0.25, 0.3) is 0 Å². The highest BCUT2D eigenvalue weighted by atomic mass is 19.1. The molecule has 0 aliphatic carbocycles. The summed E-state index contributed by atoms with van der Waals surface area (Å²) in [6, 6.07) is 9.60. The van der Waals surface area contributed by atoms with Crippen molar-refractivity contribution in [1.82, 2.24) is 0 Å². The van der Waals surface area contributed by atoms with E-state index in [-0.39, 0.29) is 11.9 Å². The maximum Gasteiger partial charge on any atom is 0.128 e. The Morgan fingerprint density at radius 1 is 1.15 bits per heavy atom. The largest absolute Gasteiger partial charge is 0.377 e. The first-order valence-electron chi connectivity index (χ1n) is 6.89. The van der Waals surface area contributed by atoms with Crippen LogP contribution >= 0.6 is 0 Å². The van der Waals surface area contributed by atoms with Crippen molar-refractivity contribution in [3.8, 4) is 0 Å². The van der Waals surface area contributed by atoms with E-state index >= 15 is 0 Å². The molecule has 0 spiro atoms. The average Bonchev–Trinajstić information content (AvgIpc) is 2.84. The summed E-state index contributed by atoms with van der Waals surface area (Å²) in [5.74, 6) is -0.361. The number of hydrogen-bond acceptors (Lipinski definition) is 1. The third kappa shape index (κ3) is 2.17. The Bertz CT molecular complexity index is 649. The summed E-state index contributed by atoms with van der Waals surface area (Å²) in [7, 11) is 0. The molecule has 2 aromatic carbocycles. The van der Waals surface area contributed by atoms with Crippen LogP contribution in [0.15, 0.2) is 36.4 Å². The molecule has 0 radical (unpaired) electrons. The molecule has 1 heterocycles. The van der Waals surface area contributed by atoms with Crippen molar-refractivity contribution in [3.63, 3.8) is 0 Å². The fourth-order valence-electron chi connectivity index (χ4n) is 2.86. The van der Waals surface area contributed by atoms with Crippen LogP contribution < -0.4 is 5.32 Å². The second-order valence-corrected chi connectivity index (χ2v) is 5.60. The number of anilines is 1. The van der Waals surface area contributed by atoms with Crippen molar-refractivity contribution in [1.29, 1.82) is 0 Å². The van der Waals surface area contributed by atoms with Gasteiger partial charge in [0.15, 0.2) is 0 Å². The van der Waals surface area contributed by atoms with E-state index in [1.54, 1.807) is 0 Å². The van der Waals surface area contributed by atoms with E-state index in [1.807, 2.05) is 12.1 Å². The number of fused-ring (bicyclic) bond motifs is 1. The molecule has 0 fully saturated rings. The van der Waals surface area contributed by atoms with Crippen LogP contribution in [0.3, 0.4) is 0 Å². The van der Waals surface area contributed by atoms with E-state index in [1.165, 1.54) is 23.3 Å². The van der Waals surface area contributed by atoms with E-state index in [9.17, 15) is 8.78 Å². The third-order valence-electron chi connectivity index (χ3n) is 3.88. The highest BCUT2D eigenvalue weighted by Gasteiger charge is 2.26. The van der Waals surface area contributed by atoms with Crippen molar-refractivity contribution in [3.05, 3.63) is 64.7 Å². The zero-order valence-corrected chi connectivity index (χ0v) is 11.6. The zero-order valence-electron chi connectivity index (χ0n) is 11.6. The van der Waals surface area contributed by atoms with Crippen molar-refractivity contribution < 1.29 is 8.78 Å². The quantitative estimate of drug-likeness (QED) is 0.829. The summed E-state index contributed by atoms with van der Waals surface area (Å²) < 4.78 is 27.2. The Labute approximate surface area is 117 Å². The molecule has 1 unspecified atom stereocenters. The maximum absolute atomic E-state index is 13.9. The van der Waals surface area contributed by atoms with Crippen LogP contribution in [0.5, 0.6) is 0 Å². The van der Waals surface area contributed by atoms with Gasteiger partial charge < -0.3 is 5.32 Å². The van der Waals surface area contributed by atoms with Gasteiger partial charge in [-0.05, 0) is 41.7 Å². The van der Waals surface area contributed by atoms with Gasteiger partial charge in [0.1, 0.15) is 11.6 Å². The second kappa shape index (κ2) is 4.89. The number of benzene rings is 2. The molecule has 1 aliphatic rings. The number of hydrogen-bond donors (Lipinski definition) is 1. The molecule has 0 aromatic heterocycles. The number of para-hydroxylation sites is 1. The molecular weight excluding hydrogens is 256 g/mol. The summed E-state index contributed by atoms with van der Waals surface area (Å²) in [4.78, 5) is 0. The molecule has 20 heavy (non-hydrogen) atoms. The minimum atomic E-state index is -0.400. The normalized spacial score (nSPS) is 17.1. The van der Waals surface area contributed by atoms with Crippen LogP contribution in [0.25, 0.3) is 0 Å². The number of halogens is 2. The molecule has 0 bridgehead atoms. The van der Waals surface area contributed by atoms with Crippen molar-refractivity contribution in [2.45, 2.75) is 32.2 Å². The minimum Gasteiger partial charge on any atom is -0.377 e. The Kier molecular flexibility index (Phi) is 3.20. The second-order valence-electron chi connectivity index (χ2n) is 5.60. The first kappa shape index (κ1) is 13.1. The average molecular weight is 273 g/mol. The predicted octanol–water partition coefficient (Wildman–Crippen LogP) is 4.80. The molecule has 104 valence electrons. The van der Waals surface area contributed by atoms with Gasteiger partial charge in [0, 0.05) is 11.3 Å². The third-order valence-corrected chi connectivity index (χ3v) is 3.88. The van der Waals surface area contributed by atoms with Gasteiger partial charge in [-0.1, -0.05) is 32.0 Å². The van der Waals surface area contributed by atoms with E-state index in [2.05, 4.69) is 25.2 Å². The van der Waals surface area contributed by atoms with Gasteiger partial charge in [0.05, 0.1) is 6.04 Å². The standard InChI is InChI=1S/C17H17F2N/c1-10(2)13-5-3-4-11-8-16(20-17(11)13)14-9-12(18)6-7-15(14)19/h3-7,9-10,16,20H,8H2,1-2H3. The fraction of sp³-hybridized carbons (Fsp3) is 0.294. The van der Waals surface area contributed by atoms with Crippen LogP contribution in [0.4, 0.5) is 14.5 Å². The maximum atomic E-state index is 13.9. The monoisotopic (exact) mass is 273 g/mol. The molecule has 2 aromatic rings. The topological polar surface area (TPSA) is 12.0 Å². The van der Waals surface area contributed by atoms with Gasteiger partial charge in [-0.3, -0.25) is 0 Å². The van der Waals surface area contributed by atoms with E-state index in [0.717, 1.165) is 11.8 Å². The molecule has 1 atom stereocenters. The summed E-state index contributed by atoms with van der Waals surface area (Å²) in [6.45, 7) is 4.26.